The number of nitrogens with one attached hydrogen (secondary N) is 1. The number of hydrogen-bond acceptors (Lipinski definition) is 2. The van der Waals surface area contributed by atoms with Crippen molar-refractivity contribution in [2.45, 2.75) is 83.2 Å². The van der Waals surface area contributed by atoms with E-state index in [1.807, 2.05) is 0 Å². The molecule has 2 fully saturated rings. The summed E-state index contributed by atoms with van der Waals surface area (Å²) >= 11 is 0. The van der Waals surface area contributed by atoms with E-state index in [9.17, 15) is 0 Å². The van der Waals surface area contributed by atoms with E-state index in [4.69, 9.17) is 0 Å². The first-order valence-electron chi connectivity index (χ1n) is 8.37. The molecule has 2 saturated heterocycles. The van der Waals surface area contributed by atoms with Gasteiger partial charge in [0.15, 0.2) is 0 Å². The fourth-order valence-electron chi connectivity index (χ4n) is 3.64. The molecule has 1 N–H and O–H groups in total. The van der Waals surface area contributed by atoms with Gasteiger partial charge >= 0.3 is 0 Å². The van der Waals surface area contributed by atoms with E-state index >= 15 is 0 Å². The first-order chi connectivity index (χ1) is 8.90. The summed E-state index contributed by atoms with van der Waals surface area (Å²) < 4.78 is 0. The largest absolute Gasteiger partial charge is 0.314 e. The molecule has 0 unspecified atom stereocenters. The Labute approximate surface area is 114 Å². The fourth-order valence-corrected chi connectivity index (χ4v) is 3.64. The van der Waals surface area contributed by atoms with Gasteiger partial charge in [-0.15, -0.1) is 0 Å². The van der Waals surface area contributed by atoms with Crippen molar-refractivity contribution in [3.8, 4) is 0 Å². The van der Waals surface area contributed by atoms with Gasteiger partial charge in [0.1, 0.15) is 0 Å². The van der Waals surface area contributed by atoms with Gasteiger partial charge in [0, 0.05) is 12.1 Å². The van der Waals surface area contributed by atoms with Crippen LogP contribution in [0.4, 0.5) is 0 Å². The van der Waals surface area contributed by atoms with Crippen LogP contribution in [0.25, 0.3) is 0 Å². The maximum Gasteiger partial charge on any atom is 0.0110 e. The summed E-state index contributed by atoms with van der Waals surface area (Å²) in [5, 5.41) is 3.74. The molecule has 2 heteroatoms. The number of piperidine rings is 1. The quantitative estimate of drug-likeness (QED) is 0.697. The Hall–Kier alpha value is -0.0800. The predicted molar refractivity (Wildman–Crippen MR) is 79.0 cm³/mol. The molecular weight excluding hydrogens is 220 g/mol. The molecule has 2 rings (SSSR count). The summed E-state index contributed by atoms with van der Waals surface area (Å²) in [6, 6.07) is 1.68. The van der Waals surface area contributed by atoms with Crippen molar-refractivity contribution in [2.75, 3.05) is 19.6 Å². The molecule has 0 aromatic rings. The van der Waals surface area contributed by atoms with Crippen LogP contribution in [0, 0.1) is 0 Å². The Bertz CT molecular complexity index is 205. The normalized spacial score (nSPS) is 27.5. The summed E-state index contributed by atoms with van der Waals surface area (Å²) in [6.07, 6.45) is 14.2. The predicted octanol–water partition coefficient (Wildman–Crippen LogP) is 3.56. The third kappa shape index (κ3) is 4.55. The molecule has 0 aromatic carbocycles. The maximum absolute atomic E-state index is 3.74. The van der Waals surface area contributed by atoms with Crippen molar-refractivity contribution >= 4 is 0 Å². The van der Waals surface area contributed by atoms with Crippen molar-refractivity contribution in [1.82, 2.24) is 10.2 Å². The zero-order chi connectivity index (χ0) is 12.6. The standard InChI is InChI=1S/C16H32N2/c1-2-3-4-10-16(18-12-7-8-13-18)14-15-9-5-6-11-17-15/h15-17H,2-14H2,1H3/t15-,16-/m1/s1. The van der Waals surface area contributed by atoms with Crippen LogP contribution >= 0.6 is 0 Å². The van der Waals surface area contributed by atoms with E-state index in [-0.39, 0.29) is 0 Å². The van der Waals surface area contributed by atoms with Gasteiger partial charge in [-0.25, -0.2) is 0 Å². The first kappa shape index (κ1) is 14.3. The average molecular weight is 252 g/mol. The lowest BCUT2D eigenvalue weighted by Gasteiger charge is -2.33. The second-order valence-corrected chi connectivity index (χ2v) is 6.28. The molecule has 2 aliphatic rings. The Morgan fingerprint density at radius 1 is 1.11 bits per heavy atom. The third-order valence-corrected chi connectivity index (χ3v) is 4.77. The Morgan fingerprint density at radius 3 is 2.61 bits per heavy atom. The highest BCUT2D eigenvalue weighted by Gasteiger charge is 2.25. The van der Waals surface area contributed by atoms with Gasteiger partial charge in [-0.1, -0.05) is 32.6 Å². The minimum Gasteiger partial charge on any atom is -0.314 e. The van der Waals surface area contributed by atoms with Crippen LogP contribution in [0.15, 0.2) is 0 Å². The van der Waals surface area contributed by atoms with Gasteiger partial charge in [0.25, 0.3) is 0 Å². The minimum absolute atomic E-state index is 0.811. The second-order valence-electron chi connectivity index (χ2n) is 6.28. The number of rotatable bonds is 7. The molecule has 0 saturated carbocycles. The van der Waals surface area contributed by atoms with E-state index in [0.717, 1.165) is 12.1 Å². The second kappa shape index (κ2) is 8.16. The van der Waals surface area contributed by atoms with Gasteiger partial charge in [0.2, 0.25) is 0 Å². The molecule has 18 heavy (non-hydrogen) atoms. The molecule has 2 aliphatic heterocycles. The van der Waals surface area contributed by atoms with Crippen molar-refractivity contribution in [3.63, 3.8) is 0 Å². The molecule has 0 aliphatic carbocycles. The summed E-state index contributed by atoms with van der Waals surface area (Å²) in [4.78, 5) is 2.78. The Balaban J connectivity index is 1.78. The topological polar surface area (TPSA) is 15.3 Å². The Morgan fingerprint density at radius 2 is 1.94 bits per heavy atom. The molecule has 0 amide bonds. The molecule has 0 bridgehead atoms. The average Bonchev–Trinajstić information content (AvgIpc) is 2.93. The van der Waals surface area contributed by atoms with Crippen molar-refractivity contribution in [2.24, 2.45) is 0 Å². The summed E-state index contributed by atoms with van der Waals surface area (Å²) in [5.41, 5.74) is 0. The van der Waals surface area contributed by atoms with Gasteiger partial charge in [0.05, 0.1) is 0 Å². The lowest BCUT2D eigenvalue weighted by atomic mass is 9.94. The zero-order valence-electron chi connectivity index (χ0n) is 12.3. The van der Waals surface area contributed by atoms with Gasteiger partial charge in [-0.2, -0.15) is 0 Å². The van der Waals surface area contributed by atoms with Crippen LogP contribution in [-0.2, 0) is 0 Å². The number of hydrogen-bond donors (Lipinski definition) is 1. The molecule has 0 radical (unpaired) electrons. The zero-order valence-corrected chi connectivity index (χ0v) is 12.3. The molecule has 2 heterocycles. The number of nitrogens with zero attached hydrogens (tertiary/aromatic N) is 1. The molecule has 0 aromatic heterocycles. The van der Waals surface area contributed by atoms with E-state index in [2.05, 4.69) is 17.1 Å². The van der Waals surface area contributed by atoms with E-state index in [0.29, 0.717) is 0 Å². The summed E-state index contributed by atoms with van der Waals surface area (Å²) in [7, 11) is 0. The van der Waals surface area contributed by atoms with E-state index < -0.39 is 0 Å². The van der Waals surface area contributed by atoms with Crippen molar-refractivity contribution in [1.29, 1.82) is 0 Å². The Kier molecular flexibility index (Phi) is 6.50. The molecular formula is C16H32N2. The van der Waals surface area contributed by atoms with Crippen molar-refractivity contribution < 1.29 is 0 Å². The minimum atomic E-state index is 0.811. The molecule has 2 atom stereocenters. The van der Waals surface area contributed by atoms with Crippen LogP contribution in [0.5, 0.6) is 0 Å². The monoisotopic (exact) mass is 252 g/mol. The van der Waals surface area contributed by atoms with Crippen LogP contribution in [-0.4, -0.2) is 36.6 Å². The van der Waals surface area contributed by atoms with E-state index in [1.54, 1.807) is 0 Å². The highest BCUT2D eigenvalue weighted by molar-refractivity contribution is 4.83. The van der Waals surface area contributed by atoms with Crippen LogP contribution in [0.3, 0.4) is 0 Å². The molecule has 0 spiro atoms. The summed E-state index contributed by atoms with van der Waals surface area (Å²) in [5.74, 6) is 0. The van der Waals surface area contributed by atoms with Crippen LogP contribution in [0.1, 0.15) is 71.1 Å². The smallest absolute Gasteiger partial charge is 0.0110 e. The number of likely N-dealkylation sites (tertiary alicyclic amines) is 1. The van der Waals surface area contributed by atoms with Gasteiger partial charge in [-0.3, -0.25) is 0 Å². The van der Waals surface area contributed by atoms with Crippen molar-refractivity contribution in [3.05, 3.63) is 0 Å². The highest BCUT2D eigenvalue weighted by Crippen LogP contribution is 2.23. The summed E-state index contributed by atoms with van der Waals surface area (Å²) in [6.45, 7) is 6.30. The third-order valence-electron chi connectivity index (χ3n) is 4.77. The van der Waals surface area contributed by atoms with Crippen LogP contribution < -0.4 is 5.32 Å². The molecule has 106 valence electrons. The van der Waals surface area contributed by atoms with Gasteiger partial charge < -0.3 is 10.2 Å². The lowest BCUT2D eigenvalue weighted by Crippen LogP contribution is -2.42. The van der Waals surface area contributed by atoms with E-state index in [1.165, 1.54) is 83.8 Å². The van der Waals surface area contributed by atoms with Crippen LogP contribution in [0.2, 0.25) is 0 Å². The van der Waals surface area contributed by atoms with Gasteiger partial charge in [-0.05, 0) is 58.2 Å². The SMILES string of the molecule is CCCCC[C@H](C[C@H]1CCCCN1)N1CCCC1. The first-order valence-corrected chi connectivity index (χ1v) is 8.37. The lowest BCUT2D eigenvalue weighted by molar-refractivity contribution is 0.188. The maximum atomic E-state index is 3.74. The molecule has 2 nitrogen and oxygen atoms in total. The number of unbranched alkanes of at least 4 members (excludes halogenated alkanes) is 2. The highest BCUT2D eigenvalue weighted by atomic mass is 15.2. The fraction of sp³-hybridized carbons (Fsp3) is 1.00.